The van der Waals surface area contributed by atoms with Gasteiger partial charge < -0.3 is 5.73 Å². The van der Waals surface area contributed by atoms with E-state index in [1.165, 1.54) is 10.9 Å². The van der Waals surface area contributed by atoms with Crippen LogP contribution >= 0.6 is 11.8 Å². The molecule has 2 N–H and O–H groups in total. The molecule has 0 saturated heterocycles. The Morgan fingerprint density at radius 2 is 2.00 bits per heavy atom. The third-order valence-corrected chi connectivity index (χ3v) is 4.15. The minimum absolute atomic E-state index is 0.211. The Labute approximate surface area is 113 Å². The van der Waals surface area contributed by atoms with Crippen molar-refractivity contribution in [2.75, 3.05) is 5.75 Å². The van der Waals surface area contributed by atoms with E-state index in [2.05, 4.69) is 37.0 Å². The predicted octanol–water partition coefficient (Wildman–Crippen LogP) is 3.25. The smallest absolute Gasteiger partial charge is 0.0704 e. The molecule has 0 aliphatic heterocycles. The minimum Gasteiger partial charge on any atom is -0.327 e. The van der Waals surface area contributed by atoms with E-state index in [0.717, 1.165) is 17.7 Å². The second-order valence-corrected chi connectivity index (χ2v) is 6.44. The molecule has 2 nitrogen and oxygen atoms in total. The van der Waals surface area contributed by atoms with Gasteiger partial charge in [0.05, 0.1) is 5.52 Å². The monoisotopic (exact) mass is 260 g/mol. The normalized spacial score (nSPS) is 13.1. The van der Waals surface area contributed by atoms with Gasteiger partial charge in [0.2, 0.25) is 0 Å². The Balaban J connectivity index is 2.11. The summed E-state index contributed by atoms with van der Waals surface area (Å²) in [6.45, 7) is 4.42. The molecule has 0 amide bonds. The van der Waals surface area contributed by atoms with E-state index in [1.54, 1.807) is 0 Å². The molecule has 0 aliphatic rings. The molecule has 2 aromatic rings. The lowest BCUT2D eigenvalue weighted by Gasteiger charge is -2.14. The first-order chi connectivity index (χ1) is 8.66. The fraction of sp³-hybridized carbons (Fsp3) is 0.400. The van der Waals surface area contributed by atoms with Crippen molar-refractivity contribution >= 4 is 22.7 Å². The second kappa shape index (κ2) is 6.21. The van der Waals surface area contributed by atoms with Gasteiger partial charge >= 0.3 is 0 Å². The summed E-state index contributed by atoms with van der Waals surface area (Å²) < 4.78 is 0. The van der Waals surface area contributed by atoms with Crippen molar-refractivity contribution in [1.29, 1.82) is 0 Å². The van der Waals surface area contributed by atoms with Crippen molar-refractivity contribution in [1.82, 2.24) is 4.98 Å². The number of hydrogen-bond donors (Lipinski definition) is 1. The average molecular weight is 260 g/mol. The zero-order valence-electron chi connectivity index (χ0n) is 11.0. The average Bonchev–Trinajstić information content (AvgIpc) is 2.37. The fourth-order valence-corrected chi connectivity index (χ4v) is 2.74. The SMILES string of the molecule is CC(C)SCC(N)Cc1ccnc2ccccc12. The van der Waals surface area contributed by atoms with Crippen molar-refractivity contribution in [3.63, 3.8) is 0 Å². The molecule has 1 aromatic carbocycles. The Kier molecular flexibility index (Phi) is 4.61. The molecule has 1 unspecified atom stereocenters. The summed E-state index contributed by atoms with van der Waals surface area (Å²) in [7, 11) is 0. The number of benzene rings is 1. The first-order valence-electron chi connectivity index (χ1n) is 6.36. The number of nitrogens with two attached hydrogens (primary N) is 1. The number of aromatic nitrogens is 1. The van der Waals surface area contributed by atoms with Gasteiger partial charge in [-0.05, 0) is 29.4 Å². The molecule has 1 aromatic heterocycles. The minimum atomic E-state index is 0.211. The lowest BCUT2D eigenvalue weighted by atomic mass is 10.0. The van der Waals surface area contributed by atoms with Gasteiger partial charge in [-0.15, -0.1) is 0 Å². The van der Waals surface area contributed by atoms with Gasteiger partial charge in [-0.3, -0.25) is 4.98 Å². The van der Waals surface area contributed by atoms with Gasteiger partial charge in [0.15, 0.2) is 0 Å². The molecule has 96 valence electrons. The molecular formula is C15H20N2S. The maximum atomic E-state index is 6.20. The van der Waals surface area contributed by atoms with E-state index in [-0.39, 0.29) is 6.04 Å². The van der Waals surface area contributed by atoms with Crippen molar-refractivity contribution in [3.05, 3.63) is 42.1 Å². The van der Waals surface area contributed by atoms with Crippen molar-refractivity contribution in [3.8, 4) is 0 Å². The quantitative estimate of drug-likeness (QED) is 0.897. The summed E-state index contributed by atoms with van der Waals surface area (Å²) in [4.78, 5) is 4.38. The van der Waals surface area contributed by atoms with Crippen LogP contribution in [0.15, 0.2) is 36.5 Å². The van der Waals surface area contributed by atoms with Crippen molar-refractivity contribution in [2.45, 2.75) is 31.6 Å². The van der Waals surface area contributed by atoms with Gasteiger partial charge in [0.1, 0.15) is 0 Å². The van der Waals surface area contributed by atoms with Crippen LogP contribution in [0.1, 0.15) is 19.4 Å². The van der Waals surface area contributed by atoms with Gasteiger partial charge in [0.25, 0.3) is 0 Å². The lowest BCUT2D eigenvalue weighted by molar-refractivity contribution is 0.750. The summed E-state index contributed by atoms with van der Waals surface area (Å²) in [5, 5.41) is 1.87. The van der Waals surface area contributed by atoms with Crippen molar-refractivity contribution < 1.29 is 0 Å². The van der Waals surface area contributed by atoms with E-state index < -0.39 is 0 Å². The summed E-state index contributed by atoms with van der Waals surface area (Å²) >= 11 is 1.92. The van der Waals surface area contributed by atoms with Gasteiger partial charge in [0, 0.05) is 23.4 Å². The highest BCUT2D eigenvalue weighted by molar-refractivity contribution is 7.99. The Morgan fingerprint density at radius 1 is 1.22 bits per heavy atom. The van der Waals surface area contributed by atoms with E-state index in [1.807, 2.05) is 30.1 Å². The van der Waals surface area contributed by atoms with Crippen LogP contribution in [0.2, 0.25) is 0 Å². The zero-order valence-corrected chi connectivity index (χ0v) is 11.8. The van der Waals surface area contributed by atoms with Crippen LogP contribution in [0.4, 0.5) is 0 Å². The Hall–Kier alpha value is -1.06. The lowest BCUT2D eigenvalue weighted by Crippen LogP contribution is -2.26. The van der Waals surface area contributed by atoms with Crippen molar-refractivity contribution in [2.24, 2.45) is 5.73 Å². The number of hydrogen-bond acceptors (Lipinski definition) is 3. The number of rotatable bonds is 5. The summed E-state index contributed by atoms with van der Waals surface area (Å²) in [6.07, 6.45) is 2.79. The van der Waals surface area contributed by atoms with E-state index in [0.29, 0.717) is 5.25 Å². The van der Waals surface area contributed by atoms with E-state index in [4.69, 9.17) is 5.73 Å². The van der Waals surface area contributed by atoms with E-state index >= 15 is 0 Å². The molecule has 0 radical (unpaired) electrons. The maximum absolute atomic E-state index is 6.20. The molecule has 0 aliphatic carbocycles. The van der Waals surface area contributed by atoms with Crippen LogP contribution in [0.25, 0.3) is 10.9 Å². The van der Waals surface area contributed by atoms with Gasteiger partial charge in [-0.25, -0.2) is 0 Å². The van der Waals surface area contributed by atoms with Crippen LogP contribution in [-0.4, -0.2) is 22.0 Å². The van der Waals surface area contributed by atoms with Crippen LogP contribution < -0.4 is 5.73 Å². The zero-order chi connectivity index (χ0) is 13.0. The van der Waals surface area contributed by atoms with Crippen LogP contribution in [0, 0.1) is 0 Å². The van der Waals surface area contributed by atoms with E-state index in [9.17, 15) is 0 Å². The number of nitrogens with zero attached hydrogens (tertiary/aromatic N) is 1. The first kappa shape index (κ1) is 13.4. The molecule has 0 bridgehead atoms. The van der Waals surface area contributed by atoms with Crippen LogP contribution in [0.3, 0.4) is 0 Å². The second-order valence-electron chi connectivity index (χ2n) is 4.83. The Bertz CT molecular complexity index is 505. The highest BCUT2D eigenvalue weighted by atomic mass is 32.2. The summed E-state index contributed by atoms with van der Waals surface area (Å²) in [5.74, 6) is 1.01. The molecule has 0 spiro atoms. The topological polar surface area (TPSA) is 38.9 Å². The first-order valence-corrected chi connectivity index (χ1v) is 7.41. The maximum Gasteiger partial charge on any atom is 0.0704 e. The fourth-order valence-electron chi connectivity index (χ4n) is 1.99. The number of thioether (sulfide) groups is 1. The molecule has 3 heteroatoms. The number of para-hydroxylation sites is 1. The van der Waals surface area contributed by atoms with Gasteiger partial charge in [-0.2, -0.15) is 11.8 Å². The molecule has 0 fully saturated rings. The van der Waals surface area contributed by atoms with Gasteiger partial charge in [-0.1, -0.05) is 32.0 Å². The molecule has 18 heavy (non-hydrogen) atoms. The molecule has 0 saturated carbocycles. The summed E-state index contributed by atoms with van der Waals surface area (Å²) in [6, 6.07) is 10.5. The van der Waals surface area contributed by atoms with Crippen LogP contribution in [0.5, 0.6) is 0 Å². The third kappa shape index (κ3) is 3.47. The van der Waals surface area contributed by atoms with Crippen LogP contribution in [-0.2, 0) is 6.42 Å². The summed E-state index contributed by atoms with van der Waals surface area (Å²) in [5.41, 5.74) is 8.56. The molecule has 1 heterocycles. The number of fused-ring (bicyclic) bond motifs is 1. The molecule has 1 atom stereocenters. The highest BCUT2D eigenvalue weighted by Crippen LogP contribution is 2.19. The highest BCUT2D eigenvalue weighted by Gasteiger charge is 2.08. The molecule has 2 rings (SSSR count). The predicted molar refractivity (Wildman–Crippen MR) is 81.0 cm³/mol. The third-order valence-electron chi connectivity index (χ3n) is 2.87. The Morgan fingerprint density at radius 3 is 2.78 bits per heavy atom. The number of pyridine rings is 1. The standard InChI is InChI=1S/C15H20N2S/c1-11(2)18-10-13(16)9-12-7-8-17-15-6-4-3-5-14(12)15/h3-8,11,13H,9-10,16H2,1-2H3. The molecular weight excluding hydrogens is 240 g/mol. The largest absolute Gasteiger partial charge is 0.327 e.